The second-order valence-corrected chi connectivity index (χ2v) is 6.99. The van der Waals surface area contributed by atoms with E-state index >= 15 is 0 Å². The first-order valence-electron chi connectivity index (χ1n) is 9.33. The third-order valence-electron chi connectivity index (χ3n) is 5.27. The highest BCUT2D eigenvalue weighted by molar-refractivity contribution is 5.79. The Bertz CT molecular complexity index is 927. The van der Waals surface area contributed by atoms with Crippen LogP contribution in [0.3, 0.4) is 0 Å². The number of hydrogen-bond acceptors (Lipinski definition) is 6. The van der Waals surface area contributed by atoms with E-state index in [0.29, 0.717) is 12.3 Å². The van der Waals surface area contributed by atoms with E-state index in [9.17, 15) is 4.79 Å². The maximum absolute atomic E-state index is 12.6. The molecular weight excluding hydrogens is 344 g/mol. The van der Waals surface area contributed by atoms with Crippen molar-refractivity contribution in [3.63, 3.8) is 0 Å². The van der Waals surface area contributed by atoms with E-state index in [1.165, 1.54) is 19.2 Å². The van der Waals surface area contributed by atoms with E-state index in [1.54, 1.807) is 10.8 Å². The molecule has 3 aromatic heterocycles. The van der Waals surface area contributed by atoms with Gasteiger partial charge < -0.3 is 9.73 Å². The van der Waals surface area contributed by atoms with Gasteiger partial charge in [0.05, 0.1) is 18.7 Å². The molecule has 1 aliphatic heterocycles. The third-order valence-corrected chi connectivity index (χ3v) is 5.27. The molecule has 3 aromatic rings. The maximum atomic E-state index is 12.6. The van der Waals surface area contributed by atoms with E-state index < -0.39 is 0 Å². The van der Waals surface area contributed by atoms with Crippen molar-refractivity contribution in [1.82, 2.24) is 29.8 Å². The second kappa shape index (κ2) is 7.48. The van der Waals surface area contributed by atoms with Gasteiger partial charge in [-0.25, -0.2) is 9.50 Å². The van der Waals surface area contributed by atoms with Gasteiger partial charge in [0.15, 0.2) is 0 Å². The largest absolute Gasteiger partial charge is 0.468 e. The number of carbonyl (C=O) groups excluding carboxylic acids is 1. The fourth-order valence-corrected chi connectivity index (χ4v) is 3.79. The Kier molecular flexibility index (Phi) is 4.89. The second-order valence-electron chi connectivity index (χ2n) is 6.99. The molecule has 1 aliphatic rings. The number of fused-ring (bicyclic) bond motifs is 1. The van der Waals surface area contributed by atoms with Crippen LogP contribution < -0.4 is 5.32 Å². The first-order chi connectivity index (χ1) is 13.1. The number of rotatable bonds is 6. The van der Waals surface area contributed by atoms with Crippen LogP contribution in [0.25, 0.3) is 5.78 Å². The molecule has 0 unspecified atom stereocenters. The van der Waals surface area contributed by atoms with Crippen LogP contribution in [0, 0.1) is 13.8 Å². The van der Waals surface area contributed by atoms with E-state index in [1.807, 2.05) is 26.0 Å². The van der Waals surface area contributed by atoms with Gasteiger partial charge in [0.1, 0.15) is 12.1 Å². The Labute approximate surface area is 157 Å². The minimum absolute atomic E-state index is 0.0294. The Morgan fingerprint density at radius 2 is 2.15 bits per heavy atom. The van der Waals surface area contributed by atoms with Crippen molar-refractivity contribution >= 4 is 11.7 Å². The van der Waals surface area contributed by atoms with Gasteiger partial charge in [0.25, 0.3) is 5.78 Å². The van der Waals surface area contributed by atoms with Crippen LogP contribution in [-0.2, 0) is 11.2 Å². The summed E-state index contributed by atoms with van der Waals surface area (Å²) < 4.78 is 7.29. The molecule has 0 bridgehead atoms. The molecule has 0 aromatic carbocycles. The highest BCUT2D eigenvalue weighted by atomic mass is 16.3. The number of aryl methyl sites for hydroxylation is 2. The van der Waals surface area contributed by atoms with Gasteiger partial charge >= 0.3 is 0 Å². The maximum Gasteiger partial charge on any atom is 0.252 e. The van der Waals surface area contributed by atoms with Gasteiger partial charge in [-0.3, -0.25) is 9.69 Å². The molecule has 27 heavy (non-hydrogen) atoms. The molecule has 4 heterocycles. The number of likely N-dealkylation sites (tertiary alicyclic amines) is 1. The lowest BCUT2D eigenvalue weighted by molar-refractivity contribution is -0.120. The third kappa shape index (κ3) is 3.57. The SMILES string of the molecule is Cc1nc2ncnn2c(C)c1CC(=O)NC[C@@H](c1ccco1)N1CCCC1. The number of nitrogens with zero attached hydrogens (tertiary/aromatic N) is 5. The Morgan fingerprint density at radius 3 is 2.89 bits per heavy atom. The van der Waals surface area contributed by atoms with Gasteiger partial charge in [-0.15, -0.1) is 0 Å². The molecule has 0 saturated carbocycles. The van der Waals surface area contributed by atoms with Crippen LogP contribution in [0.5, 0.6) is 0 Å². The summed E-state index contributed by atoms with van der Waals surface area (Å²) in [5, 5.41) is 7.26. The summed E-state index contributed by atoms with van der Waals surface area (Å²) in [7, 11) is 0. The average molecular weight is 368 g/mol. The standard InChI is InChI=1S/C19H24N6O2/c1-13-15(14(2)25-19(23-13)21-12-22-25)10-18(26)20-11-16(17-6-5-9-27-17)24-7-3-4-8-24/h5-6,9,12,16H,3-4,7-8,10-11H2,1-2H3,(H,20,26)/t16-/m0/s1. The molecule has 4 rings (SSSR count). The molecule has 142 valence electrons. The highest BCUT2D eigenvalue weighted by Crippen LogP contribution is 2.25. The van der Waals surface area contributed by atoms with Gasteiger partial charge in [0.2, 0.25) is 5.91 Å². The van der Waals surface area contributed by atoms with Crippen molar-refractivity contribution in [2.45, 2.75) is 39.2 Å². The molecule has 0 spiro atoms. The minimum Gasteiger partial charge on any atom is -0.468 e. The lowest BCUT2D eigenvalue weighted by Gasteiger charge is -2.26. The zero-order valence-corrected chi connectivity index (χ0v) is 15.7. The molecule has 1 N–H and O–H groups in total. The fraction of sp³-hybridized carbons (Fsp3) is 0.474. The highest BCUT2D eigenvalue weighted by Gasteiger charge is 2.26. The number of amides is 1. The Morgan fingerprint density at radius 1 is 1.33 bits per heavy atom. The quantitative estimate of drug-likeness (QED) is 0.714. The van der Waals surface area contributed by atoms with Crippen LogP contribution in [0.4, 0.5) is 0 Å². The molecule has 1 fully saturated rings. The molecule has 0 radical (unpaired) electrons. The van der Waals surface area contributed by atoms with E-state index in [4.69, 9.17) is 4.42 Å². The van der Waals surface area contributed by atoms with E-state index in [0.717, 1.165) is 35.8 Å². The summed E-state index contributed by atoms with van der Waals surface area (Å²) in [5.41, 5.74) is 2.60. The van der Waals surface area contributed by atoms with Crippen LogP contribution >= 0.6 is 0 Å². The summed E-state index contributed by atoms with van der Waals surface area (Å²) >= 11 is 0. The number of aromatic nitrogens is 4. The van der Waals surface area contributed by atoms with Gasteiger partial charge in [-0.1, -0.05) is 0 Å². The lowest BCUT2D eigenvalue weighted by Crippen LogP contribution is -2.37. The van der Waals surface area contributed by atoms with Crippen molar-refractivity contribution in [3.8, 4) is 0 Å². The molecular formula is C19H24N6O2. The Balaban J connectivity index is 1.46. The smallest absolute Gasteiger partial charge is 0.252 e. The summed E-state index contributed by atoms with van der Waals surface area (Å²) in [4.78, 5) is 23.6. The summed E-state index contributed by atoms with van der Waals surface area (Å²) in [6.45, 7) is 6.44. The topological polar surface area (TPSA) is 88.6 Å². The van der Waals surface area contributed by atoms with E-state index in [2.05, 4.69) is 25.3 Å². The molecule has 0 aliphatic carbocycles. The Hall–Kier alpha value is -2.74. The molecule has 8 heteroatoms. The molecule has 8 nitrogen and oxygen atoms in total. The lowest BCUT2D eigenvalue weighted by atomic mass is 10.1. The predicted molar refractivity (Wildman–Crippen MR) is 99.2 cm³/mol. The first kappa shape index (κ1) is 17.7. The van der Waals surface area contributed by atoms with Crippen molar-refractivity contribution in [3.05, 3.63) is 47.4 Å². The van der Waals surface area contributed by atoms with Crippen molar-refractivity contribution in [1.29, 1.82) is 0 Å². The van der Waals surface area contributed by atoms with Crippen LogP contribution in [-0.4, -0.2) is 50.0 Å². The van der Waals surface area contributed by atoms with E-state index in [-0.39, 0.29) is 18.4 Å². The van der Waals surface area contributed by atoms with Gasteiger partial charge in [-0.2, -0.15) is 10.1 Å². The number of hydrogen-bond donors (Lipinski definition) is 1. The predicted octanol–water partition coefficient (Wildman–Crippen LogP) is 1.83. The monoisotopic (exact) mass is 368 g/mol. The van der Waals surface area contributed by atoms with Crippen LogP contribution in [0.1, 0.15) is 41.6 Å². The normalized spacial score (nSPS) is 16.1. The van der Waals surface area contributed by atoms with Crippen molar-refractivity contribution in [2.24, 2.45) is 0 Å². The molecule has 1 amide bonds. The molecule has 1 atom stereocenters. The number of carbonyl (C=O) groups is 1. The van der Waals surface area contributed by atoms with Crippen LogP contribution in [0.2, 0.25) is 0 Å². The minimum atomic E-state index is -0.0294. The zero-order chi connectivity index (χ0) is 18.8. The van der Waals surface area contributed by atoms with Crippen molar-refractivity contribution < 1.29 is 9.21 Å². The van der Waals surface area contributed by atoms with Gasteiger partial charge in [-0.05, 0) is 51.9 Å². The first-order valence-corrected chi connectivity index (χ1v) is 9.33. The zero-order valence-electron chi connectivity index (χ0n) is 15.7. The fourth-order valence-electron chi connectivity index (χ4n) is 3.79. The van der Waals surface area contributed by atoms with Gasteiger partial charge in [0, 0.05) is 23.5 Å². The average Bonchev–Trinajstić information content (AvgIpc) is 3.40. The number of furan rings is 1. The van der Waals surface area contributed by atoms with Crippen LogP contribution in [0.15, 0.2) is 29.1 Å². The molecule has 1 saturated heterocycles. The number of nitrogens with one attached hydrogen (secondary N) is 1. The van der Waals surface area contributed by atoms with Crippen molar-refractivity contribution in [2.75, 3.05) is 19.6 Å². The summed E-state index contributed by atoms with van der Waals surface area (Å²) in [6, 6.07) is 3.95. The summed E-state index contributed by atoms with van der Waals surface area (Å²) in [5.74, 6) is 1.43. The summed E-state index contributed by atoms with van der Waals surface area (Å²) in [6.07, 6.45) is 5.81.